The number of hydrogen-bond donors (Lipinski definition) is 0. The Labute approximate surface area is 89.4 Å². The maximum absolute atomic E-state index is 5.93. The normalized spacial score (nSPS) is 16.2. The smallest absolute Gasteiger partial charge is 0.170 e. The van der Waals surface area contributed by atoms with Gasteiger partial charge in [-0.15, -0.1) is 0 Å². The van der Waals surface area contributed by atoms with Gasteiger partial charge in [-0.2, -0.15) is 0 Å². The number of ether oxygens (including phenoxy) is 1. The third-order valence-corrected chi connectivity index (χ3v) is 2.69. The first-order chi connectivity index (χ1) is 5.77. The number of nitrogens with zero attached hydrogens (tertiary/aromatic N) is 1. The molecular weight excluding hydrogens is 288 g/mol. The van der Waals surface area contributed by atoms with Crippen LogP contribution >= 0.6 is 34.2 Å². The lowest BCUT2D eigenvalue weighted by Crippen LogP contribution is -1.99. The standard InChI is InChI=1S/C8H7ClINO/c9-6-3-4-11-8(10)7(6)12-5-1-2-5/h3-5H,1-2H2. The Hall–Kier alpha value is -0.0300. The molecule has 1 aliphatic carbocycles. The second kappa shape index (κ2) is 3.38. The van der Waals surface area contributed by atoms with Crippen molar-refractivity contribution in [2.45, 2.75) is 18.9 Å². The van der Waals surface area contributed by atoms with Crippen molar-refractivity contribution in [1.82, 2.24) is 4.98 Å². The van der Waals surface area contributed by atoms with Crippen LogP contribution in [-0.4, -0.2) is 11.1 Å². The SMILES string of the molecule is Clc1ccnc(I)c1OC1CC1. The van der Waals surface area contributed by atoms with Crippen LogP contribution in [0, 0.1) is 3.70 Å². The molecule has 0 spiro atoms. The average Bonchev–Trinajstić information content (AvgIpc) is 2.80. The number of pyridine rings is 1. The summed E-state index contributed by atoms with van der Waals surface area (Å²) in [4.78, 5) is 4.10. The van der Waals surface area contributed by atoms with E-state index >= 15 is 0 Å². The molecule has 0 atom stereocenters. The lowest BCUT2D eigenvalue weighted by molar-refractivity contribution is 0.299. The van der Waals surface area contributed by atoms with Gasteiger partial charge in [0.05, 0.1) is 11.1 Å². The Morgan fingerprint density at radius 3 is 2.92 bits per heavy atom. The first kappa shape index (κ1) is 8.56. The zero-order valence-corrected chi connectivity index (χ0v) is 9.17. The summed E-state index contributed by atoms with van der Waals surface area (Å²) in [6.07, 6.45) is 4.34. The molecule has 1 aromatic heterocycles. The van der Waals surface area contributed by atoms with E-state index in [-0.39, 0.29) is 0 Å². The van der Waals surface area contributed by atoms with Crippen LogP contribution in [0.1, 0.15) is 12.8 Å². The molecule has 12 heavy (non-hydrogen) atoms. The van der Waals surface area contributed by atoms with Crippen LogP contribution in [0.4, 0.5) is 0 Å². The third kappa shape index (κ3) is 1.82. The second-order valence-electron chi connectivity index (χ2n) is 2.73. The van der Waals surface area contributed by atoms with E-state index in [1.165, 1.54) is 0 Å². The second-order valence-corrected chi connectivity index (χ2v) is 4.16. The molecule has 0 radical (unpaired) electrons. The number of aromatic nitrogens is 1. The summed E-state index contributed by atoms with van der Waals surface area (Å²) in [6.45, 7) is 0. The van der Waals surface area contributed by atoms with Gasteiger partial charge in [0, 0.05) is 6.20 Å². The summed E-state index contributed by atoms with van der Waals surface area (Å²) < 4.78 is 6.42. The van der Waals surface area contributed by atoms with Crippen LogP contribution in [0.25, 0.3) is 0 Å². The summed E-state index contributed by atoms with van der Waals surface area (Å²) in [6, 6.07) is 1.75. The van der Waals surface area contributed by atoms with Crippen LogP contribution in [0.2, 0.25) is 5.02 Å². The highest BCUT2D eigenvalue weighted by Crippen LogP contribution is 2.34. The van der Waals surface area contributed by atoms with Gasteiger partial charge in [-0.1, -0.05) is 11.6 Å². The van der Waals surface area contributed by atoms with Gasteiger partial charge in [0.25, 0.3) is 0 Å². The molecule has 1 fully saturated rings. The zero-order chi connectivity index (χ0) is 8.55. The van der Waals surface area contributed by atoms with Crippen molar-refractivity contribution in [3.05, 3.63) is 21.0 Å². The van der Waals surface area contributed by atoms with Gasteiger partial charge >= 0.3 is 0 Å². The van der Waals surface area contributed by atoms with Crippen molar-refractivity contribution in [2.75, 3.05) is 0 Å². The zero-order valence-electron chi connectivity index (χ0n) is 6.26. The predicted molar refractivity (Wildman–Crippen MR) is 55.6 cm³/mol. The number of rotatable bonds is 2. The fourth-order valence-electron chi connectivity index (χ4n) is 0.858. The van der Waals surface area contributed by atoms with Gasteiger partial charge < -0.3 is 4.74 Å². The van der Waals surface area contributed by atoms with Gasteiger partial charge in [0.15, 0.2) is 5.75 Å². The molecule has 64 valence electrons. The molecule has 1 aliphatic rings. The summed E-state index contributed by atoms with van der Waals surface area (Å²) in [5, 5.41) is 0.654. The summed E-state index contributed by atoms with van der Waals surface area (Å²) in [5.41, 5.74) is 0. The van der Waals surface area contributed by atoms with Crippen LogP contribution in [-0.2, 0) is 0 Å². The van der Waals surface area contributed by atoms with Crippen molar-refractivity contribution >= 4 is 34.2 Å². The molecule has 2 nitrogen and oxygen atoms in total. The Morgan fingerprint density at radius 2 is 2.33 bits per heavy atom. The minimum Gasteiger partial charge on any atom is -0.486 e. The van der Waals surface area contributed by atoms with Gasteiger partial charge in [-0.25, -0.2) is 4.98 Å². The van der Waals surface area contributed by atoms with Gasteiger partial charge in [-0.05, 0) is 41.5 Å². The van der Waals surface area contributed by atoms with Gasteiger partial charge in [0.2, 0.25) is 0 Å². The first-order valence-corrected chi connectivity index (χ1v) is 5.19. The molecule has 0 saturated heterocycles. The van der Waals surface area contributed by atoms with Crippen LogP contribution < -0.4 is 4.74 Å². The van der Waals surface area contributed by atoms with Gasteiger partial charge in [-0.3, -0.25) is 0 Å². The van der Waals surface area contributed by atoms with Crippen molar-refractivity contribution in [1.29, 1.82) is 0 Å². The van der Waals surface area contributed by atoms with Gasteiger partial charge in [0.1, 0.15) is 3.70 Å². The van der Waals surface area contributed by atoms with Crippen LogP contribution in [0.15, 0.2) is 12.3 Å². The summed E-state index contributed by atoms with van der Waals surface area (Å²) in [5.74, 6) is 0.738. The number of halogens is 2. The van der Waals surface area contributed by atoms with Crippen molar-refractivity contribution in [3.8, 4) is 5.75 Å². The highest BCUT2D eigenvalue weighted by molar-refractivity contribution is 14.1. The van der Waals surface area contributed by atoms with E-state index in [9.17, 15) is 0 Å². The maximum Gasteiger partial charge on any atom is 0.170 e. The van der Waals surface area contributed by atoms with E-state index < -0.39 is 0 Å². The molecular formula is C8H7ClINO. The molecule has 0 N–H and O–H groups in total. The van der Waals surface area contributed by atoms with E-state index in [0.29, 0.717) is 11.1 Å². The quantitative estimate of drug-likeness (QED) is 0.618. The highest BCUT2D eigenvalue weighted by atomic mass is 127. The molecule has 0 amide bonds. The largest absolute Gasteiger partial charge is 0.486 e. The Morgan fingerprint density at radius 1 is 1.58 bits per heavy atom. The van der Waals surface area contributed by atoms with Crippen molar-refractivity contribution in [3.63, 3.8) is 0 Å². The first-order valence-electron chi connectivity index (χ1n) is 3.74. The Bertz CT molecular complexity index is 281. The van der Waals surface area contributed by atoms with Crippen molar-refractivity contribution in [2.24, 2.45) is 0 Å². The topological polar surface area (TPSA) is 22.1 Å². The summed E-state index contributed by atoms with van der Waals surface area (Å²) in [7, 11) is 0. The number of hydrogen-bond acceptors (Lipinski definition) is 2. The predicted octanol–water partition coefficient (Wildman–Crippen LogP) is 2.88. The molecule has 1 saturated carbocycles. The molecule has 4 heteroatoms. The Balaban J connectivity index is 2.26. The molecule has 1 heterocycles. The molecule has 2 rings (SSSR count). The third-order valence-electron chi connectivity index (χ3n) is 1.62. The average molecular weight is 296 g/mol. The molecule has 0 unspecified atom stereocenters. The molecule has 0 aromatic carbocycles. The van der Waals surface area contributed by atoms with E-state index in [4.69, 9.17) is 16.3 Å². The van der Waals surface area contributed by atoms with E-state index in [2.05, 4.69) is 27.6 Å². The summed E-state index contributed by atoms with van der Waals surface area (Å²) >= 11 is 8.06. The molecule has 0 bridgehead atoms. The fourth-order valence-corrected chi connectivity index (χ4v) is 1.79. The lowest BCUT2D eigenvalue weighted by atomic mass is 10.4. The minimum atomic E-state index is 0.375. The molecule has 1 aromatic rings. The molecule has 0 aliphatic heterocycles. The monoisotopic (exact) mass is 295 g/mol. The highest BCUT2D eigenvalue weighted by Gasteiger charge is 2.25. The fraction of sp³-hybridized carbons (Fsp3) is 0.375. The van der Waals surface area contributed by atoms with E-state index in [1.54, 1.807) is 12.3 Å². The Kier molecular flexibility index (Phi) is 2.41. The van der Waals surface area contributed by atoms with Crippen LogP contribution in [0.5, 0.6) is 5.75 Å². The maximum atomic E-state index is 5.93. The minimum absolute atomic E-state index is 0.375. The lowest BCUT2D eigenvalue weighted by Gasteiger charge is -2.06. The van der Waals surface area contributed by atoms with Crippen molar-refractivity contribution < 1.29 is 4.74 Å². The van der Waals surface area contributed by atoms with Crippen LogP contribution in [0.3, 0.4) is 0 Å². The van der Waals surface area contributed by atoms with E-state index in [1.807, 2.05) is 0 Å². The van der Waals surface area contributed by atoms with E-state index in [0.717, 1.165) is 22.3 Å².